The molecule has 0 bridgehead atoms. The molecule has 22 heavy (non-hydrogen) atoms. The Balaban J connectivity index is 1.87. The number of hydrogen-bond donors (Lipinski definition) is 1. The maximum atomic E-state index is 12.7. The van der Waals surface area contributed by atoms with Crippen molar-refractivity contribution in [2.24, 2.45) is 0 Å². The van der Waals surface area contributed by atoms with Gasteiger partial charge in [-0.3, -0.25) is 0 Å². The Kier molecular flexibility index (Phi) is 3.59. The monoisotopic (exact) mass is 317 g/mol. The van der Waals surface area contributed by atoms with Crippen LogP contribution in [0.3, 0.4) is 0 Å². The summed E-state index contributed by atoms with van der Waals surface area (Å²) >= 11 is 0. The molecule has 0 radical (unpaired) electrons. The summed E-state index contributed by atoms with van der Waals surface area (Å²) in [6.07, 6.45) is -0.839. The first kappa shape index (κ1) is 15.2. The number of aryl methyl sites for hydroxylation is 1. The molecule has 1 aliphatic rings. The molecule has 2 aromatic carbocycles. The van der Waals surface area contributed by atoms with E-state index >= 15 is 0 Å². The lowest BCUT2D eigenvalue weighted by molar-refractivity contribution is 0.127. The summed E-state index contributed by atoms with van der Waals surface area (Å²) in [6.45, 7) is 4.01. The smallest absolute Gasteiger partial charge is 0.243 e. The highest BCUT2D eigenvalue weighted by atomic mass is 32.2. The third-order valence-corrected chi connectivity index (χ3v) is 6.24. The van der Waals surface area contributed by atoms with Gasteiger partial charge in [0.1, 0.15) is 0 Å². The highest BCUT2D eigenvalue weighted by Gasteiger charge is 2.60. The van der Waals surface area contributed by atoms with Crippen molar-refractivity contribution < 1.29 is 13.5 Å². The SMILES string of the molecule is Cc1ccc(S(=O)(=O)N2CC2(C)C(O)c2ccccc2)cc1. The van der Waals surface area contributed by atoms with Gasteiger partial charge in [-0.25, -0.2) is 8.42 Å². The highest BCUT2D eigenvalue weighted by molar-refractivity contribution is 7.89. The van der Waals surface area contributed by atoms with Crippen LogP contribution < -0.4 is 0 Å². The zero-order valence-electron chi connectivity index (χ0n) is 12.6. The zero-order chi connectivity index (χ0) is 16.0. The molecular formula is C17H19NO3S. The van der Waals surface area contributed by atoms with Gasteiger partial charge in [-0.2, -0.15) is 4.31 Å². The van der Waals surface area contributed by atoms with Crippen LogP contribution in [0.1, 0.15) is 24.2 Å². The predicted molar refractivity (Wildman–Crippen MR) is 84.9 cm³/mol. The Morgan fingerprint density at radius 1 is 1.09 bits per heavy atom. The van der Waals surface area contributed by atoms with Gasteiger partial charge < -0.3 is 5.11 Å². The fraction of sp³-hybridized carbons (Fsp3) is 0.294. The Hall–Kier alpha value is -1.69. The third kappa shape index (κ3) is 2.45. The van der Waals surface area contributed by atoms with Gasteiger partial charge in [-0.15, -0.1) is 0 Å². The number of nitrogens with zero attached hydrogens (tertiary/aromatic N) is 1. The molecule has 3 rings (SSSR count). The van der Waals surface area contributed by atoms with Crippen molar-refractivity contribution in [3.05, 3.63) is 65.7 Å². The number of benzene rings is 2. The molecule has 3 unspecified atom stereocenters. The molecule has 1 heterocycles. The van der Waals surface area contributed by atoms with Crippen molar-refractivity contribution in [1.82, 2.24) is 4.31 Å². The van der Waals surface area contributed by atoms with Crippen molar-refractivity contribution in [2.45, 2.75) is 30.4 Å². The molecule has 0 aromatic heterocycles. The molecule has 3 atom stereocenters. The molecule has 1 aliphatic heterocycles. The zero-order valence-corrected chi connectivity index (χ0v) is 13.4. The average Bonchev–Trinajstić information content (AvgIpc) is 3.22. The molecule has 0 spiro atoms. The van der Waals surface area contributed by atoms with Gasteiger partial charge in [-0.1, -0.05) is 48.0 Å². The van der Waals surface area contributed by atoms with E-state index in [1.807, 2.05) is 37.3 Å². The van der Waals surface area contributed by atoms with Gasteiger partial charge >= 0.3 is 0 Å². The van der Waals surface area contributed by atoms with Gasteiger partial charge in [0.2, 0.25) is 10.0 Å². The minimum atomic E-state index is -3.57. The molecule has 4 nitrogen and oxygen atoms in total. The van der Waals surface area contributed by atoms with Crippen LogP contribution in [-0.4, -0.2) is 29.9 Å². The topological polar surface area (TPSA) is 57.4 Å². The van der Waals surface area contributed by atoms with E-state index in [-0.39, 0.29) is 4.90 Å². The van der Waals surface area contributed by atoms with Crippen LogP contribution in [0.5, 0.6) is 0 Å². The van der Waals surface area contributed by atoms with Crippen molar-refractivity contribution in [3.63, 3.8) is 0 Å². The standard InChI is InChI=1S/C17H19NO3S/c1-13-8-10-15(11-9-13)22(20,21)18-12-17(18,2)16(19)14-6-4-3-5-7-14/h3-11,16,19H,12H2,1-2H3. The molecule has 1 fully saturated rings. The lowest BCUT2D eigenvalue weighted by Crippen LogP contribution is -2.27. The maximum absolute atomic E-state index is 12.7. The normalized spacial score (nSPS) is 25.7. The minimum absolute atomic E-state index is 0.266. The molecular weight excluding hydrogens is 298 g/mol. The summed E-state index contributed by atoms with van der Waals surface area (Å²) in [5, 5.41) is 10.5. The number of aliphatic hydroxyl groups excluding tert-OH is 1. The van der Waals surface area contributed by atoms with Gasteiger partial charge in [0, 0.05) is 6.54 Å². The van der Waals surface area contributed by atoms with Gasteiger partial charge in [-0.05, 0) is 31.5 Å². The van der Waals surface area contributed by atoms with Crippen LogP contribution in [0.4, 0.5) is 0 Å². The van der Waals surface area contributed by atoms with Crippen molar-refractivity contribution in [3.8, 4) is 0 Å². The second-order valence-corrected chi connectivity index (χ2v) is 7.86. The Bertz CT molecular complexity index is 771. The lowest BCUT2D eigenvalue weighted by atomic mass is 9.98. The van der Waals surface area contributed by atoms with E-state index in [4.69, 9.17) is 0 Å². The quantitative estimate of drug-likeness (QED) is 0.882. The largest absolute Gasteiger partial charge is 0.386 e. The molecule has 5 heteroatoms. The van der Waals surface area contributed by atoms with Crippen LogP contribution in [-0.2, 0) is 10.0 Å². The molecule has 0 amide bonds. The van der Waals surface area contributed by atoms with Crippen LogP contribution >= 0.6 is 0 Å². The van der Waals surface area contributed by atoms with Gasteiger partial charge in [0.05, 0.1) is 16.5 Å². The van der Waals surface area contributed by atoms with E-state index in [0.29, 0.717) is 6.54 Å². The van der Waals surface area contributed by atoms with Crippen molar-refractivity contribution in [1.29, 1.82) is 0 Å². The summed E-state index contributed by atoms with van der Waals surface area (Å²) in [5.41, 5.74) is 0.953. The minimum Gasteiger partial charge on any atom is -0.386 e. The van der Waals surface area contributed by atoms with Crippen LogP contribution in [0.15, 0.2) is 59.5 Å². The first-order valence-corrected chi connectivity index (χ1v) is 8.62. The molecule has 2 aromatic rings. The maximum Gasteiger partial charge on any atom is 0.243 e. The van der Waals surface area contributed by atoms with E-state index < -0.39 is 21.7 Å². The summed E-state index contributed by atoms with van der Waals surface area (Å²) in [6, 6.07) is 15.9. The second-order valence-electron chi connectivity index (χ2n) is 6.00. The summed E-state index contributed by atoms with van der Waals surface area (Å²) in [4.78, 5) is 0.266. The van der Waals surface area contributed by atoms with Crippen LogP contribution in [0.2, 0.25) is 0 Å². The fourth-order valence-electron chi connectivity index (χ4n) is 2.67. The second kappa shape index (κ2) is 5.19. The van der Waals surface area contributed by atoms with Crippen LogP contribution in [0, 0.1) is 6.92 Å². The van der Waals surface area contributed by atoms with Gasteiger partial charge in [0.25, 0.3) is 0 Å². The van der Waals surface area contributed by atoms with Crippen molar-refractivity contribution >= 4 is 10.0 Å². The molecule has 1 saturated heterocycles. The summed E-state index contributed by atoms with van der Waals surface area (Å²) in [7, 11) is -3.57. The predicted octanol–water partition coefficient (Wildman–Crippen LogP) is 2.49. The number of sulfonamides is 1. The molecule has 0 aliphatic carbocycles. The highest BCUT2D eigenvalue weighted by Crippen LogP contribution is 2.46. The molecule has 116 valence electrons. The number of rotatable bonds is 4. The Morgan fingerprint density at radius 2 is 1.68 bits per heavy atom. The molecule has 1 N–H and O–H groups in total. The fourth-order valence-corrected chi connectivity index (χ4v) is 4.48. The lowest BCUT2D eigenvalue weighted by Gasteiger charge is -2.20. The van der Waals surface area contributed by atoms with Crippen LogP contribution in [0.25, 0.3) is 0 Å². The van der Waals surface area contributed by atoms with E-state index in [2.05, 4.69) is 0 Å². The van der Waals surface area contributed by atoms with Gasteiger partial charge in [0.15, 0.2) is 0 Å². The first-order chi connectivity index (χ1) is 10.4. The van der Waals surface area contributed by atoms with E-state index in [0.717, 1.165) is 11.1 Å². The number of aliphatic hydroxyl groups is 1. The Morgan fingerprint density at radius 3 is 2.27 bits per heavy atom. The summed E-state index contributed by atoms with van der Waals surface area (Å²) in [5.74, 6) is 0. The molecule has 0 saturated carbocycles. The third-order valence-electron chi connectivity index (χ3n) is 4.24. The van der Waals surface area contributed by atoms with E-state index in [9.17, 15) is 13.5 Å². The average molecular weight is 317 g/mol. The number of hydrogen-bond acceptors (Lipinski definition) is 3. The van der Waals surface area contributed by atoms with Crippen molar-refractivity contribution in [2.75, 3.05) is 6.54 Å². The van der Waals surface area contributed by atoms with E-state index in [1.165, 1.54) is 4.31 Å². The van der Waals surface area contributed by atoms with E-state index in [1.54, 1.807) is 31.2 Å². The Labute approximate surface area is 131 Å². The summed E-state index contributed by atoms with van der Waals surface area (Å²) < 4.78 is 26.7. The first-order valence-electron chi connectivity index (χ1n) is 7.18.